The lowest BCUT2D eigenvalue weighted by Crippen LogP contribution is -2.13. The molecule has 0 amide bonds. The van der Waals surface area contributed by atoms with E-state index in [0.717, 1.165) is 10.9 Å². The van der Waals surface area contributed by atoms with E-state index in [1.807, 2.05) is 42.5 Å². The second kappa shape index (κ2) is 12.2. The van der Waals surface area contributed by atoms with Crippen LogP contribution in [0.2, 0.25) is 20.1 Å². The Kier molecular flexibility index (Phi) is 9.03. The molecular weight excluding hydrogens is 586 g/mol. The monoisotopic (exact) mass is 604 g/mol. The van der Waals surface area contributed by atoms with Gasteiger partial charge in [0.25, 0.3) is 10.0 Å². The number of benzene rings is 4. The van der Waals surface area contributed by atoms with Crippen molar-refractivity contribution in [1.29, 1.82) is 0 Å². The minimum Gasteiger partial charge on any atom is -0.453 e. The molecule has 5 nitrogen and oxygen atoms in total. The second-order valence-corrected chi connectivity index (χ2v) is 11.4. The molecule has 0 atom stereocenters. The van der Waals surface area contributed by atoms with E-state index in [4.69, 9.17) is 51.1 Å². The lowest BCUT2D eigenvalue weighted by atomic mass is 10.2. The molecule has 0 aliphatic heterocycles. The zero-order valence-corrected chi connectivity index (χ0v) is 23.7. The van der Waals surface area contributed by atoms with Crippen molar-refractivity contribution in [3.05, 3.63) is 123 Å². The van der Waals surface area contributed by atoms with Crippen LogP contribution in [0.3, 0.4) is 0 Å². The number of rotatable bonds is 5. The molecule has 194 valence electrons. The minimum atomic E-state index is -4.00. The van der Waals surface area contributed by atoms with E-state index < -0.39 is 10.0 Å². The highest BCUT2D eigenvalue weighted by Gasteiger charge is 2.20. The van der Waals surface area contributed by atoms with Crippen LogP contribution in [0.4, 0.5) is 5.69 Å². The number of hydrogen-bond donors (Lipinski definition) is 1. The fourth-order valence-electron chi connectivity index (χ4n) is 3.38. The van der Waals surface area contributed by atoms with Gasteiger partial charge in [-0.05, 0) is 49.4 Å². The third-order valence-corrected chi connectivity index (χ3v) is 7.82. The fraction of sp³-hybridized carbons (Fsp3) is 0.0357. The first-order chi connectivity index (χ1) is 18.1. The van der Waals surface area contributed by atoms with Gasteiger partial charge in [0.15, 0.2) is 5.75 Å². The van der Waals surface area contributed by atoms with Gasteiger partial charge in [0.2, 0.25) is 0 Å². The predicted octanol–water partition coefficient (Wildman–Crippen LogP) is 9.44. The molecule has 10 heteroatoms. The van der Waals surface area contributed by atoms with Crippen LogP contribution in [0.5, 0.6) is 11.5 Å². The van der Waals surface area contributed by atoms with Gasteiger partial charge in [-0.2, -0.15) is 0 Å². The molecule has 0 spiro atoms. The standard InChI is InChI=1S/C21H12Cl4N2O3S.C7H8/c22-13-5-6-20(16(23)8-13)31(28,29)27-14-9-17(24)21(18(25)10-14)30-15-7-12-3-1-2-4-19(12)26-11-15;1-7-5-3-2-4-6-7/h1-11,27H;2-6H,1H3. The summed E-state index contributed by atoms with van der Waals surface area (Å²) in [6.07, 6.45) is 1.55. The largest absolute Gasteiger partial charge is 0.453 e. The maximum Gasteiger partial charge on any atom is 0.263 e. The van der Waals surface area contributed by atoms with Crippen LogP contribution in [-0.2, 0) is 10.0 Å². The molecule has 4 aromatic carbocycles. The molecule has 0 saturated carbocycles. The van der Waals surface area contributed by atoms with Gasteiger partial charge in [-0.25, -0.2) is 8.42 Å². The van der Waals surface area contributed by atoms with Gasteiger partial charge in [0.05, 0.1) is 32.5 Å². The number of nitrogens with one attached hydrogen (secondary N) is 1. The van der Waals surface area contributed by atoms with Gasteiger partial charge >= 0.3 is 0 Å². The number of pyridine rings is 1. The van der Waals surface area contributed by atoms with Crippen molar-refractivity contribution in [2.24, 2.45) is 0 Å². The summed E-state index contributed by atoms with van der Waals surface area (Å²) < 4.78 is 33.6. The average Bonchev–Trinajstić information content (AvgIpc) is 2.86. The summed E-state index contributed by atoms with van der Waals surface area (Å²) in [5.41, 5.74) is 2.28. The summed E-state index contributed by atoms with van der Waals surface area (Å²) in [5, 5.41) is 1.42. The van der Waals surface area contributed by atoms with Crippen molar-refractivity contribution in [2.45, 2.75) is 11.8 Å². The molecule has 5 rings (SSSR count). The first kappa shape index (κ1) is 28.0. The van der Waals surface area contributed by atoms with Gasteiger partial charge < -0.3 is 4.74 Å². The van der Waals surface area contributed by atoms with Gasteiger partial charge in [-0.3, -0.25) is 9.71 Å². The number of nitrogens with zero attached hydrogens (tertiary/aromatic N) is 1. The first-order valence-electron chi connectivity index (χ1n) is 11.1. The molecule has 0 aliphatic carbocycles. The minimum absolute atomic E-state index is 0.0130. The molecule has 0 saturated heterocycles. The number of para-hydroxylation sites is 1. The highest BCUT2D eigenvalue weighted by atomic mass is 35.5. The van der Waals surface area contributed by atoms with Crippen molar-refractivity contribution < 1.29 is 13.2 Å². The quantitative estimate of drug-likeness (QED) is 0.217. The maximum atomic E-state index is 12.7. The SMILES string of the molecule is Cc1ccccc1.O=S(=O)(Nc1cc(Cl)c(Oc2cnc3ccccc3c2)c(Cl)c1)c1ccc(Cl)cc1Cl. The average molecular weight is 606 g/mol. The van der Waals surface area contributed by atoms with Crippen LogP contribution in [0.1, 0.15) is 5.56 Å². The van der Waals surface area contributed by atoms with Gasteiger partial charge in [-0.15, -0.1) is 0 Å². The Morgan fingerprint density at radius 1 is 0.763 bits per heavy atom. The third-order valence-electron chi connectivity index (χ3n) is 5.16. The molecule has 0 unspecified atom stereocenters. The Hall–Kier alpha value is -3.00. The number of ether oxygens (including phenoxy) is 1. The summed E-state index contributed by atoms with van der Waals surface area (Å²) in [6, 6.07) is 26.5. The van der Waals surface area contributed by atoms with E-state index in [-0.39, 0.29) is 31.4 Å². The Morgan fingerprint density at radius 2 is 1.42 bits per heavy atom. The van der Waals surface area contributed by atoms with Crippen molar-refractivity contribution >= 4 is 73.0 Å². The molecule has 0 radical (unpaired) electrons. The number of fused-ring (bicyclic) bond motifs is 1. The predicted molar refractivity (Wildman–Crippen MR) is 157 cm³/mol. The normalized spacial score (nSPS) is 11.0. The van der Waals surface area contributed by atoms with Gasteiger partial charge in [-0.1, -0.05) is 100 Å². The summed E-state index contributed by atoms with van der Waals surface area (Å²) in [5.74, 6) is 0.608. The Bertz CT molecular complexity index is 1670. The summed E-state index contributed by atoms with van der Waals surface area (Å²) in [4.78, 5) is 4.19. The molecule has 1 aromatic heterocycles. The molecule has 0 bridgehead atoms. The number of aryl methyl sites for hydroxylation is 1. The zero-order chi connectivity index (χ0) is 27.3. The van der Waals surface area contributed by atoms with Crippen molar-refractivity contribution in [3.8, 4) is 11.5 Å². The van der Waals surface area contributed by atoms with Crippen molar-refractivity contribution in [2.75, 3.05) is 4.72 Å². The lowest BCUT2D eigenvalue weighted by Gasteiger charge is -2.14. The number of halogens is 4. The van der Waals surface area contributed by atoms with E-state index in [1.165, 1.54) is 35.9 Å². The van der Waals surface area contributed by atoms with E-state index in [2.05, 4.69) is 28.8 Å². The van der Waals surface area contributed by atoms with Crippen LogP contribution >= 0.6 is 46.4 Å². The van der Waals surface area contributed by atoms with Gasteiger partial charge in [0, 0.05) is 10.4 Å². The molecule has 38 heavy (non-hydrogen) atoms. The van der Waals surface area contributed by atoms with Crippen LogP contribution in [0.25, 0.3) is 10.9 Å². The second-order valence-electron chi connectivity index (χ2n) is 8.07. The summed E-state index contributed by atoms with van der Waals surface area (Å²) >= 11 is 24.5. The maximum absolute atomic E-state index is 12.7. The molecule has 0 fully saturated rings. The van der Waals surface area contributed by atoms with Crippen LogP contribution in [-0.4, -0.2) is 13.4 Å². The van der Waals surface area contributed by atoms with E-state index in [9.17, 15) is 8.42 Å². The Morgan fingerprint density at radius 3 is 2.05 bits per heavy atom. The molecule has 0 aliphatic rings. The molecule has 5 aromatic rings. The number of aromatic nitrogens is 1. The highest BCUT2D eigenvalue weighted by Crippen LogP contribution is 2.40. The van der Waals surface area contributed by atoms with E-state index in [0.29, 0.717) is 10.8 Å². The Balaban J connectivity index is 0.000000417. The van der Waals surface area contributed by atoms with Crippen LogP contribution in [0, 0.1) is 6.92 Å². The van der Waals surface area contributed by atoms with Gasteiger partial charge in [0.1, 0.15) is 10.6 Å². The summed E-state index contributed by atoms with van der Waals surface area (Å²) in [6.45, 7) is 2.08. The number of anilines is 1. The van der Waals surface area contributed by atoms with Crippen LogP contribution < -0.4 is 9.46 Å². The van der Waals surface area contributed by atoms with Crippen molar-refractivity contribution in [3.63, 3.8) is 0 Å². The number of sulfonamides is 1. The van der Waals surface area contributed by atoms with E-state index in [1.54, 1.807) is 12.3 Å². The molecular formula is C28H20Cl4N2O3S. The zero-order valence-electron chi connectivity index (χ0n) is 19.8. The van der Waals surface area contributed by atoms with E-state index >= 15 is 0 Å². The lowest BCUT2D eigenvalue weighted by molar-refractivity contribution is 0.482. The third kappa shape index (κ3) is 7.10. The Labute approximate surface area is 241 Å². The molecule has 1 N–H and O–H groups in total. The number of hydrogen-bond acceptors (Lipinski definition) is 4. The smallest absolute Gasteiger partial charge is 0.263 e. The topological polar surface area (TPSA) is 68.3 Å². The fourth-order valence-corrected chi connectivity index (χ4v) is 5.76. The first-order valence-corrected chi connectivity index (χ1v) is 14.1. The molecule has 1 heterocycles. The van der Waals surface area contributed by atoms with Crippen LogP contribution in [0.15, 0.2) is 102 Å². The summed E-state index contributed by atoms with van der Waals surface area (Å²) in [7, 11) is -4.00. The van der Waals surface area contributed by atoms with Crippen molar-refractivity contribution in [1.82, 2.24) is 4.98 Å². The highest BCUT2D eigenvalue weighted by molar-refractivity contribution is 7.92.